The number of aromatic amines is 1. The first kappa shape index (κ1) is 19.9. The Morgan fingerprint density at radius 1 is 1.18 bits per heavy atom. The van der Waals surface area contributed by atoms with Crippen molar-refractivity contribution in [3.8, 4) is 11.5 Å². The van der Waals surface area contributed by atoms with E-state index >= 15 is 0 Å². The average Bonchev–Trinajstić information content (AvgIpc) is 2.95. The van der Waals surface area contributed by atoms with Crippen LogP contribution in [0.2, 0.25) is 5.02 Å². The molecule has 0 fully saturated rings. The summed E-state index contributed by atoms with van der Waals surface area (Å²) < 4.78 is 16.2. The second-order valence-electron chi connectivity index (χ2n) is 6.58. The molecule has 7 nitrogen and oxygen atoms in total. The summed E-state index contributed by atoms with van der Waals surface area (Å²) in [5, 5.41) is 0.227. The van der Waals surface area contributed by atoms with Crippen molar-refractivity contribution < 1.29 is 28.6 Å². The smallest absolute Gasteiger partial charge is 0.339 e. The van der Waals surface area contributed by atoms with Gasteiger partial charge in [0.1, 0.15) is 13.2 Å². The monoisotopic (exact) mass is 405 g/mol. The van der Waals surface area contributed by atoms with Gasteiger partial charge in [-0.3, -0.25) is 9.59 Å². The van der Waals surface area contributed by atoms with Crippen molar-refractivity contribution in [2.45, 2.75) is 33.8 Å². The van der Waals surface area contributed by atoms with Crippen molar-refractivity contribution in [1.29, 1.82) is 0 Å². The number of hydrogen-bond donors (Lipinski definition) is 1. The molecule has 1 N–H and O–H groups in total. The second kappa shape index (κ2) is 7.67. The number of esters is 1. The molecule has 8 heteroatoms. The minimum absolute atomic E-state index is 0.138. The minimum atomic E-state index is -1.06. The maximum atomic E-state index is 12.7. The Kier molecular flexibility index (Phi) is 5.47. The number of ether oxygens (including phenoxy) is 3. The zero-order valence-electron chi connectivity index (χ0n) is 16.0. The van der Waals surface area contributed by atoms with E-state index in [1.165, 1.54) is 26.0 Å². The van der Waals surface area contributed by atoms with E-state index in [-0.39, 0.29) is 22.1 Å². The molecule has 0 bridgehead atoms. The van der Waals surface area contributed by atoms with E-state index in [0.717, 1.165) is 0 Å². The maximum absolute atomic E-state index is 12.7. The fourth-order valence-corrected chi connectivity index (χ4v) is 3.50. The molecule has 0 radical (unpaired) electrons. The number of benzene rings is 1. The van der Waals surface area contributed by atoms with Crippen molar-refractivity contribution >= 4 is 29.1 Å². The van der Waals surface area contributed by atoms with E-state index in [1.54, 1.807) is 13.8 Å². The lowest BCUT2D eigenvalue weighted by molar-refractivity contribution is 0.0316. The van der Waals surface area contributed by atoms with E-state index in [0.29, 0.717) is 41.5 Å². The third kappa shape index (κ3) is 3.62. The number of aromatic nitrogens is 1. The first-order valence-corrected chi connectivity index (χ1v) is 9.13. The lowest BCUT2D eigenvalue weighted by Crippen LogP contribution is -2.25. The molecular formula is C20H20ClNO6. The molecule has 0 saturated carbocycles. The van der Waals surface area contributed by atoms with Crippen LogP contribution >= 0.6 is 11.6 Å². The first-order valence-electron chi connectivity index (χ1n) is 8.75. The van der Waals surface area contributed by atoms with Gasteiger partial charge in [-0.1, -0.05) is 11.6 Å². The van der Waals surface area contributed by atoms with Crippen LogP contribution < -0.4 is 9.47 Å². The Morgan fingerprint density at radius 3 is 2.50 bits per heavy atom. The summed E-state index contributed by atoms with van der Waals surface area (Å²) in [5.41, 5.74) is 2.02. The molecule has 1 unspecified atom stereocenters. The zero-order valence-corrected chi connectivity index (χ0v) is 16.7. The van der Waals surface area contributed by atoms with Crippen LogP contribution in [0.3, 0.4) is 0 Å². The zero-order chi connectivity index (χ0) is 20.6. The van der Waals surface area contributed by atoms with Gasteiger partial charge in [0, 0.05) is 11.3 Å². The first-order chi connectivity index (χ1) is 13.2. The maximum Gasteiger partial charge on any atom is 0.339 e. The van der Waals surface area contributed by atoms with Gasteiger partial charge in [0.25, 0.3) is 0 Å². The Bertz CT molecular complexity index is 978. The number of halogens is 1. The largest absolute Gasteiger partial charge is 0.486 e. The number of Topliss-reactive ketones (excluding diaryl/α,β-unsaturated/α-hetero) is 2. The fraction of sp³-hybridized carbons (Fsp3) is 0.350. The Hall–Kier alpha value is -2.80. The van der Waals surface area contributed by atoms with Crippen molar-refractivity contribution in [1.82, 2.24) is 4.98 Å². The number of fused-ring (bicyclic) bond motifs is 1. The molecule has 1 aliphatic heterocycles. The van der Waals surface area contributed by atoms with Crippen LogP contribution in [0.1, 0.15) is 56.3 Å². The number of rotatable bonds is 5. The molecule has 1 aromatic heterocycles. The molecule has 0 amide bonds. The summed E-state index contributed by atoms with van der Waals surface area (Å²) in [4.78, 5) is 39.9. The van der Waals surface area contributed by atoms with Crippen LogP contribution in [0.15, 0.2) is 12.1 Å². The van der Waals surface area contributed by atoms with E-state index in [4.69, 9.17) is 25.8 Å². The molecule has 0 spiro atoms. The normalized spacial score (nSPS) is 13.8. The van der Waals surface area contributed by atoms with E-state index in [1.807, 2.05) is 0 Å². The van der Waals surface area contributed by atoms with Crippen molar-refractivity contribution in [3.05, 3.63) is 45.2 Å². The number of ketones is 2. The molecule has 2 heterocycles. The quantitative estimate of drug-likeness (QED) is 0.602. The highest BCUT2D eigenvalue weighted by atomic mass is 35.5. The standard InChI is InChI=1S/C20H20ClNO6/c1-9-16(11(3)23)10(2)22-17(9)18(24)12(4)28-20(25)13-7-14(21)19-15(8-13)26-5-6-27-19/h7-8,12,22H,5-6H2,1-4H3. The summed E-state index contributed by atoms with van der Waals surface area (Å²) in [7, 11) is 0. The molecule has 0 aliphatic carbocycles. The lowest BCUT2D eigenvalue weighted by Gasteiger charge is -2.20. The van der Waals surface area contributed by atoms with Gasteiger partial charge in [-0.15, -0.1) is 0 Å². The van der Waals surface area contributed by atoms with Crippen LogP contribution in [0.5, 0.6) is 11.5 Å². The van der Waals surface area contributed by atoms with Crippen LogP contribution in [0.4, 0.5) is 0 Å². The highest BCUT2D eigenvalue weighted by Gasteiger charge is 2.27. The Labute approximate surface area is 166 Å². The van der Waals surface area contributed by atoms with Crippen molar-refractivity contribution in [2.75, 3.05) is 13.2 Å². The fourth-order valence-electron chi connectivity index (χ4n) is 3.24. The lowest BCUT2D eigenvalue weighted by atomic mass is 10.0. The van der Waals surface area contributed by atoms with Gasteiger partial charge in [0.15, 0.2) is 23.4 Å². The summed E-state index contributed by atoms with van der Waals surface area (Å²) in [5.74, 6) is -0.548. The molecule has 148 valence electrons. The van der Waals surface area contributed by atoms with E-state index < -0.39 is 17.9 Å². The third-order valence-electron chi connectivity index (χ3n) is 4.52. The molecule has 1 aliphatic rings. The third-order valence-corrected chi connectivity index (χ3v) is 4.80. The average molecular weight is 406 g/mol. The Balaban J connectivity index is 1.80. The number of aryl methyl sites for hydroxylation is 1. The molecule has 1 atom stereocenters. The number of carbonyl (C=O) groups excluding carboxylic acids is 3. The number of carbonyl (C=O) groups is 3. The van der Waals surface area contributed by atoms with E-state index in [9.17, 15) is 14.4 Å². The molecule has 1 aromatic carbocycles. The predicted molar refractivity (Wildman–Crippen MR) is 102 cm³/mol. The Morgan fingerprint density at radius 2 is 1.86 bits per heavy atom. The highest BCUT2D eigenvalue weighted by molar-refractivity contribution is 6.32. The topological polar surface area (TPSA) is 94.7 Å². The van der Waals surface area contributed by atoms with Gasteiger partial charge < -0.3 is 19.2 Å². The van der Waals surface area contributed by atoms with Crippen LogP contribution in [0.25, 0.3) is 0 Å². The SMILES string of the molecule is CC(=O)c1c(C)[nH]c(C(=O)C(C)OC(=O)c2cc(Cl)c3c(c2)OCCO3)c1C. The van der Waals surface area contributed by atoms with Crippen molar-refractivity contribution in [3.63, 3.8) is 0 Å². The molecular weight excluding hydrogens is 386 g/mol. The van der Waals surface area contributed by atoms with Gasteiger partial charge in [-0.2, -0.15) is 0 Å². The molecule has 28 heavy (non-hydrogen) atoms. The second-order valence-corrected chi connectivity index (χ2v) is 6.98. The molecule has 3 rings (SSSR count). The van der Waals surface area contributed by atoms with E-state index in [2.05, 4.69) is 4.98 Å². The summed E-state index contributed by atoms with van der Waals surface area (Å²) in [6, 6.07) is 2.88. The number of H-pyrrole nitrogens is 1. The number of nitrogens with one attached hydrogen (secondary N) is 1. The number of hydrogen-bond acceptors (Lipinski definition) is 6. The van der Waals surface area contributed by atoms with Gasteiger partial charge >= 0.3 is 5.97 Å². The van der Waals surface area contributed by atoms with Gasteiger partial charge in [0.2, 0.25) is 5.78 Å². The minimum Gasteiger partial charge on any atom is -0.486 e. The summed E-state index contributed by atoms with van der Waals surface area (Å²) in [6.07, 6.45) is -1.06. The van der Waals surface area contributed by atoms with Crippen LogP contribution in [-0.2, 0) is 4.74 Å². The summed E-state index contributed by atoms with van der Waals surface area (Å²) in [6.45, 7) is 7.03. The van der Waals surface area contributed by atoms with Gasteiger partial charge in [-0.25, -0.2) is 4.79 Å². The van der Waals surface area contributed by atoms with Crippen LogP contribution in [0, 0.1) is 13.8 Å². The highest BCUT2D eigenvalue weighted by Crippen LogP contribution is 2.38. The van der Waals surface area contributed by atoms with Crippen LogP contribution in [-0.4, -0.2) is 41.8 Å². The van der Waals surface area contributed by atoms with Crippen molar-refractivity contribution in [2.24, 2.45) is 0 Å². The molecule has 0 saturated heterocycles. The predicted octanol–water partition coefficient (Wildman–Crippen LogP) is 3.69. The van der Waals surface area contributed by atoms with Gasteiger partial charge in [0.05, 0.1) is 16.3 Å². The van der Waals surface area contributed by atoms with Gasteiger partial charge in [-0.05, 0) is 45.4 Å². The summed E-state index contributed by atoms with van der Waals surface area (Å²) >= 11 is 6.14. The molecule has 2 aromatic rings.